The number of nitrogens with one attached hydrogen (secondary N) is 1. The Morgan fingerprint density at radius 3 is 2.24 bits per heavy atom. The van der Waals surface area contributed by atoms with Crippen LogP contribution in [0.1, 0.15) is 5.56 Å². The Bertz CT molecular complexity index is 625. The summed E-state index contributed by atoms with van der Waals surface area (Å²) in [5.74, 6) is 0.363. The molecule has 2 rings (SSSR count). The fraction of sp³-hybridized carbons (Fsp3) is 0.0667. The van der Waals surface area contributed by atoms with Crippen molar-refractivity contribution in [3.8, 4) is 5.75 Å². The average Bonchev–Trinajstić information content (AvgIpc) is 2.49. The van der Waals surface area contributed by atoms with Crippen molar-refractivity contribution in [2.24, 2.45) is 5.10 Å². The zero-order valence-corrected chi connectivity index (χ0v) is 15.2. The van der Waals surface area contributed by atoms with Crippen LogP contribution in [-0.4, -0.2) is 18.7 Å². The van der Waals surface area contributed by atoms with Gasteiger partial charge in [0.1, 0.15) is 5.75 Å². The van der Waals surface area contributed by atoms with Gasteiger partial charge >= 0.3 is 0 Å². The van der Waals surface area contributed by atoms with E-state index < -0.39 is 0 Å². The molecule has 2 aromatic rings. The predicted molar refractivity (Wildman–Crippen MR) is 99.5 cm³/mol. The maximum Gasteiger partial charge on any atom is 0.277 e. The Kier molecular flexibility index (Phi) is 6.43. The van der Waals surface area contributed by atoms with Gasteiger partial charge in [0.05, 0.1) is 6.21 Å². The lowest BCUT2D eigenvalue weighted by Gasteiger charge is -2.04. The summed E-state index contributed by atoms with van der Waals surface area (Å²) in [5.41, 5.74) is 3.35. The smallest absolute Gasteiger partial charge is 0.277 e. The molecule has 0 spiro atoms. The molecule has 0 aliphatic rings. The Balaban J connectivity index is 1.77. The zero-order valence-electron chi connectivity index (χ0n) is 10.9. The number of benzene rings is 2. The highest BCUT2D eigenvalue weighted by molar-refractivity contribution is 14.1. The highest BCUT2D eigenvalue weighted by Crippen LogP contribution is 2.13. The fourth-order valence-corrected chi connectivity index (χ4v) is 2.16. The van der Waals surface area contributed by atoms with Crippen LogP contribution in [0.3, 0.4) is 0 Å². The predicted octanol–water partition coefficient (Wildman–Crippen LogP) is 3.42. The topological polar surface area (TPSA) is 50.7 Å². The summed E-state index contributed by atoms with van der Waals surface area (Å²) in [6.45, 7) is -0.0649. The van der Waals surface area contributed by atoms with Crippen LogP contribution in [0.25, 0.3) is 0 Å². The van der Waals surface area contributed by atoms with Gasteiger partial charge in [-0.15, -0.1) is 0 Å². The van der Waals surface area contributed by atoms with Crippen molar-refractivity contribution < 1.29 is 9.53 Å². The van der Waals surface area contributed by atoms with Crippen LogP contribution in [0.15, 0.2) is 53.6 Å². The summed E-state index contributed by atoms with van der Waals surface area (Å²) in [6, 6.07) is 15.3. The minimum Gasteiger partial charge on any atom is -0.484 e. The molecule has 0 radical (unpaired) electrons. The molecule has 1 N–H and O–H groups in total. The van der Waals surface area contributed by atoms with Crippen molar-refractivity contribution >= 4 is 57.3 Å². The largest absolute Gasteiger partial charge is 0.484 e. The van der Waals surface area contributed by atoms with Crippen LogP contribution in [0, 0.1) is 7.14 Å². The number of hydrogen-bond donors (Lipinski definition) is 1. The number of amides is 1. The van der Waals surface area contributed by atoms with Gasteiger partial charge in [0, 0.05) is 7.14 Å². The highest BCUT2D eigenvalue weighted by atomic mass is 127. The molecule has 6 heteroatoms. The molecule has 0 fully saturated rings. The van der Waals surface area contributed by atoms with E-state index in [0.29, 0.717) is 5.75 Å². The van der Waals surface area contributed by atoms with Crippen molar-refractivity contribution in [3.63, 3.8) is 0 Å². The second kappa shape index (κ2) is 8.32. The molecule has 0 bridgehead atoms. The Hall–Kier alpha value is -1.16. The van der Waals surface area contributed by atoms with Gasteiger partial charge in [-0.25, -0.2) is 5.43 Å². The Morgan fingerprint density at radius 1 is 1.05 bits per heavy atom. The minimum absolute atomic E-state index is 0.0649. The van der Waals surface area contributed by atoms with E-state index in [4.69, 9.17) is 4.74 Å². The fourth-order valence-electron chi connectivity index (χ4n) is 1.44. The minimum atomic E-state index is -0.296. The quantitative estimate of drug-likeness (QED) is 0.384. The summed E-state index contributed by atoms with van der Waals surface area (Å²) in [6.07, 6.45) is 1.60. The second-order valence-electron chi connectivity index (χ2n) is 4.09. The molecule has 0 aromatic heterocycles. The third-order valence-corrected chi connectivity index (χ3v) is 3.89. The first-order valence-corrected chi connectivity index (χ1v) is 8.25. The number of hydrazone groups is 1. The molecule has 2 aromatic carbocycles. The van der Waals surface area contributed by atoms with E-state index in [0.717, 1.165) is 12.7 Å². The van der Waals surface area contributed by atoms with Gasteiger partial charge in [-0.05, 0) is 87.1 Å². The number of hydrogen-bond acceptors (Lipinski definition) is 3. The molecule has 1 amide bonds. The summed E-state index contributed by atoms with van der Waals surface area (Å²) < 4.78 is 7.62. The van der Waals surface area contributed by atoms with Crippen LogP contribution in [0.2, 0.25) is 0 Å². The van der Waals surface area contributed by atoms with E-state index in [-0.39, 0.29) is 12.5 Å². The van der Waals surface area contributed by atoms with Crippen LogP contribution in [0.5, 0.6) is 5.75 Å². The van der Waals surface area contributed by atoms with Gasteiger partial charge in [-0.2, -0.15) is 5.10 Å². The molecule has 0 saturated heterocycles. The van der Waals surface area contributed by atoms with Crippen molar-refractivity contribution in [2.75, 3.05) is 6.61 Å². The van der Waals surface area contributed by atoms with E-state index in [1.807, 2.05) is 48.5 Å². The summed E-state index contributed by atoms with van der Waals surface area (Å²) in [7, 11) is 0. The normalized spacial score (nSPS) is 10.6. The lowest BCUT2D eigenvalue weighted by molar-refractivity contribution is -0.123. The van der Waals surface area contributed by atoms with Crippen LogP contribution >= 0.6 is 45.2 Å². The van der Waals surface area contributed by atoms with Crippen molar-refractivity contribution in [1.29, 1.82) is 0 Å². The second-order valence-corrected chi connectivity index (χ2v) is 6.58. The number of nitrogens with zero attached hydrogens (tertiary/aromatic N) is 1. The summed E-state index contributed by atoms with van der Waals surface area (Å²) >= 11 is 4.44. The number of ether oxygens (including phenoxy) is 1. The van der Waals surface area contributed by atoms with E-state index in [1.165, 1.54) is 0 Å². The average molecular weight is 506 g/mol. The Labute approximate surface area is 150 Å². The van der Waals surface area contributed by atoms with E-state index in [1.54, 1.807) is 6.21 Å². The number of carbonyl (C=O) groups is 1. The molecule has 0 unspecified atom stereocenters. The zero-order chi connectivity index (χ0) is 15.1. The molecule has 21 heavy (non-hydrogen) atoms. The van der Waals surface area contributed by atoms with Crippen LogP contribution in [0.4, 0.5) is 0 Å². The van der Waals surface area contributed by atoms with E-state index >= 15 is 0 Å². The van der Waals surface area contributed by atoms with Gasteiger partial charge in [-0.1, -0.05) is 12.1 Å². The maximum absolute atomic E-state index is 11.6. The molecule has 0 aliphatic carbocycles. The Morgan fingerprint density at radius 2 is 1.62 bits per heavy atom. The number of halogens is 2. The molecule has 4 nitrogen and oxygen atoms in total. The third kappa shape index (κ3) is 6.00. The van der Waals surface area contributed by atoms with Gasteiger partial charge in [0.15, 0.2) is 6.61 Å². The molecule has 108 valence electrons. The van der Waals surface area contributed by atoms with Crippen molar-refractivity contribution in [1.82, 2.24) is 5.43 Å². The van der Waals surface area contributed by atoms with Gasteiger partial charge in [0.25, 0.3) is 5.91 Å². The lowest BCUT2D eigenvalue weighted by Crippen LogP contribution is -2.24. The van der Waals surface area contributed by atoms with Gasteiger partial charge in [-0.3, -0.25) is 4.79 Å². The molecular weight excluding hydrogens is 494 g/mol. The lowest BCUT2D eigenvalue weighted by atomic mass is 10.2. The molecule has 0 saturated carbocycles. The first kappa shape index (κ1) is 16.2. The molecule has 0 aliphatic heterocycles. The highest BCUT2D eigenvalue weighted by Gasteiger charge is 2.01. The van der Waals surface area contributed by atoms with Gasteiger partial charge in [0.2, 0.25) is 0 Å². The third-order valence-electron chi connectivity index (χ3n) is 2.46. The SMILES string of the molecule is O=C(COc1ccc(I)cc1)N/N=C\c1ccc(I)cc1. The summed E-state index contributed by atoms with van der Waals surface area (Å²) in [5, 5.41) is 3.89. The number of rotatable bonds is 5. The van der Waals surface area contributed by atoms with Crippen molar-refractivity contribution in [3.05, 3.63) is 61.2 Å². The van der Waals surface area contributed by atoms with Crippen molar-refractivity contribution in [2.45, 2.75) is 0 Å². The maximum atomic E-state index is 11.6. The standard InChI is InChI=1S/C15H12I2N2O2/c16-12-3-1-11(2-4-12)9-18-19-15(20)10-21-14-7-5-13(17)6-8-14/h1-9H,10H2,(H,19,20)/b18-9-. The van der Waals surface area contributed by atoms with E-state index in [2.05, 4.69) is 55.7 Å². The monoisotopic (exact) mass is 506 g/mol. The molecule has 0 atom stereocenters. The van der Waals surface area contributed by atoms with Gasteiger partial charge < -0.3 is 4.74 Å². The summed E-state index contributed by atoms with van der Waals surface area (Å²) in [4.78, 5) is 11.6. The van der Waals surface area contributed by atoms with Crippen LogP contribution < -0.4 is 10.2 Å². The van der Waals surface area contributed by atoms with Crippen LogP contribution in [-0.2, 0) is 4.79 Å². The number of carbonyl (C=O) groups excluding carboxylic acids is 1. The first-order chi connectivity index (χ1) is 10.1. The molecular formula is C15H12I2N2O2. The van der Waals surface area contributed by atoms with E-state index in [9.17, 15) is 4.79 Å². The first-order valence-electron chi connectivity index (χ1n) is 6.09. The molecule has 0 heterocycles.